The summed E-state index contributed by atoms with van der Waals surface area (Å²) in [5, 5.41) is 9.21. The maximum Gasteiger partial charge on any atom is 0.268 e. The van der Waals surface area contributed by atoms with Crippen LogP contribution >= 0.6 is 0 Å². The van der Waals surface area contributed by atoms with Gasteiger partial charge in [-0.1, -0.05) is 0 Å². The van der Waals surface area contributed by atoms with Crippen LogP contribution in [0.5, 0.6) is 0 Å². The van der Waals surface area contributed by atoms with Crippen molar-refractivity contribution in [2.24, 2.45) is 0 Å². The van der Waals surface area contributed by atoms with Gasteiger partial charge in [0, 0.05) is 18.0 Å². The summed E-state index contributed by atoms with van der Waals surface area (Å²) in [7, 11) is 0. The monoisotopic (exact) mass is 232 g/mol. The molecule has 0 fully saturated rings. The lowest BCUT2D eigenvalue weighted by Crippen LogP contribution is -2.23. The van der Waals surface area contributed by atoms with Crippen LogP contribution in [-0.4, -0.2) is 26.9 Å². The number of amides is 1. The van der Waals surface area contributed by atoms with Crippen LogP contribution in [0.15, 0.2) is 24.5 Å². The van der Waals surface area contributed by atoms with E-state index < -0.39 is 0 Å². The first-order valence-electron chi connectivity index (χ1n) is 5.12. The highest BCUT2D eigenvalue weighted by Crippen LogP contribution is 2.04. The molecule has 0 atom stereocenters. The fraction of sp³-hybridized carbons (Fsp3) is 0.182. The molecule has 2 aromatic heterocycles. The lowest BCUT2D eigenvalue weighted by Gasteiger charge is -2.00. The number of ketones is 1. The Morgan fingerprint density at radius 2 is 2.29 bits per heavy atom. The van der Waals surface area contributed by atoms with Crippen LogP contribution in [0.4, 0.5) is 0 Å². The smallest absolute Gasteiger partial charge is 0.268 e. The molecule has 0 saturated carbocycles. The summed E-state index contributed by atoms with van der Waals surface area (Å²) < 4.78 is 0. The molecule has 2 heterocycles. The number of nitrogens with one attached hydrogen (secondary N) is 3. The Kier molecular flexibility index (Phi) is 3.04. The van der Waals surface area contributed by atoms with Crippen molar-refractivity contribution in [2.45, 2.75) is 13.5 Å². The van der Waals surface area contributed by atoms with Crippen molar-refractivity contribution in [3.63, 3.8) is 0 Å². The lowest BCUT2D eigenvalue weighted by molar-refractivity contribution is 0.0946. The zero-order valence-electron chi connectivity index (χ0n) is 9.28. The van der Waals surface area contributed by atoms with Crippen molar-refractivity contribution < 1.29 is 9.59 Å². The van der Waals surface area contributed by atoms with Gasteiger partial charge in [-0.2, -0.15) is 5.10 Å². The van der Waals surface area contributed by atoms with Gasteiger partial charge in [-0.05, 0) is 19.1 Å². The average molecular weight is 232 g/mol. The average Bonchev–Trinajstić information content (AvgIpc) is 2.96. The molecule has 0 aliphatic heterocycles. The number of carbonyl (C=O) groups is 2. The van der Waals surface area contributed by atoms with Crippen molar-refractivity contribution in [1.29, 1.82) is 0 Å². The Hall–Kier alpha value is -2.37. The molecule has 0 radical (unpaired) electrons. The van der Waals surface area contributed by atoms with E-state index in [9.17, 15) is 9.59 Å². The predicted octanol–water partition coefficient (Wildman–Crippen LogP) is 0.870. The number of nitrogens with zero attached hydrogens (tertiary/aromatic N) is 1. The van der Waals surface area contributed by atoms with Crippen LogP contribution in [-0.2, 0) is 6.54 Å². The van der Waals surface area contributed by atoms with Gasteiger partial charge in [0.05, 0.1) is 12.2 Å². The summed E-state index contributed by atoms with van der Waals surface area (Å²) in [6.07, 6.45) is 3.14. The number of hydrogen-bond acceptors (Lipinski definition) is 3. The third-order valence-electron chi connectivity index (χ3n) is 2.33. The van der Waals surface area contributed by atoms with Gasteiger partial charge in [-0.25, -0.2) is 0 Å². The van der Waals surface area contributed by atoms with E-state index in [2.05, 4.69) is 20.5 Å². The SMILES string of the molecule is CC(=O)c1c[nH]c(C(=O)NCc2ccn[nH]2)c1. The Bertz CT molecular complexity index is 527. The Morgan fingerprint density at radius 1 is 1.47 bits per heavy atom. The van der Waals surface area contributed by atoms with E-state index in [0.717, 1.165) is 5.69 Å². The Labute approximate surface area is 97.4 Å². The molecule has 0 aliphatic rings. The van der Waals surface area contributed by atoms with Gasteiger partial charge in [0.25, 0.3) is 5.91 Å². The minimum absolute atomic E-state index is 0.0751. The van der Waals surface area contributed by atoms with Crippen molar-refractivity contribution in [1.82, 2.24) is 20.5 Å². The van der Waals surface area contributed by atoms with E-state index in [0.29, 0.717) is 17.8 Å². The third-order valence-corrected chi connectivity index (χ3v) is 2.33. The fourth-order valence-corrected chi connectivity index (χ4v) is 1.38. The molecule has 88 valence electrons. The van der Waals surface area contributed by atoms with Crippen molar-refractivity contribution >= 4 is 11.7 Å². The summed E-state index contributed by atoms with van der Waals surface area (Å²) in [4.78, 5) is 25.5. The lowest BCUT2D eigenvalue weighted by atomic mass is 10.2. The minimum Gasteiger partial charge on any atom is -0.356 e. The molecule has 0 bridgehead atoms. The second kappa shape index (κ2) is 4.65. The third kappa shape index (κ3) is 2.60. The summed E-state index contributed by atoms with van der Waals surface area (Å²) in [6, 6.07) is 3.31. The first kappa shape index (κ1) is 11.1. The summed E-state index contributed by atoms with van der Waals surface area (Å²) in [6.45, 7) is 1.82. The van der Waals surface area contributed by atoms with Gasteiger partial charge in [-0.15, -0.1) is 0 Å². The fourth-order valence-electron chi connectivity index (χ4n) is 1.38. The van der Waals surface area contributed by atoms with Crippen molar-refractivity contribution in [3.8, 4) is 0 Å². The van der Waals surface area contributed by atoms with Gasteiger partial charge < -0.3 is 10.3 Å². The molecule has 0 saturated heterocycles. The predicted molar refractivity (Wildman–Crippen MR) is 60.6 cm³/mol. The molecule has 0 aromatic carbocycles. The molecule has 1 amide bonds. The molecular formula is C11H12N4O2. The normalized spacial score (nSPS) is 10.2. The van der Waals surface area contributed by atoms with E-state index in [-0.39, 0.29) is 11.7 Å². The van der Waals surface area contributed by atoms with E-state index in [1.165, 1.54) is 19.2 Å². The molecule has 3 N–H and O–H groups in total. The second-order valence-electron chi connectivity index (χ2n) is 3.62. The number of aromatic nitrogens is 3. The topological polar surface area (TPSA) is 90.6 Å². The molecule has 0 aliphatic carbocycles. The largest absolute Gasteiger partial charge is 0.356 e. The first-order valence-corrected chi connectivity index (χ1v) is 5.12. The van der Waals surface area contributed by atoms with Crippen LogP contribution in [0, 0.1) is 0 Å². The minimum atomic E-state index is -0.257. The molecule has 6 heteroatoms. The Morgan fingerprint density at radius 3 is 2.88 bits per heavy atom. The van der Waals surface area contributed by atoms with Gasteiger partial charge in [-0.3, -0.25) is 14.7 Å². The number of hydrogen-bond donors (Lipinski definition) is 3. The number of Topliss-reactive ketones (excluding diaryl/α,β-unsaturated/α-hetero) is 1. The summed E-state index contributed by atoms with van der Waals surface area (Å²) in [5.41, 5.74) is 1.68. The van der Waals surface area contributed by atoms with Gasteiger partial charge >= 0.3 is 0 Å². The molecular weight excluding hydrogens is 220 g/mol. The number of aromatic amines is 2. The van der Waals surface area contributed by atoms with Crippen LogP contribution in [0.1, 0.15) is 33.5 Å². The van der Waals surface area contributed by atoms with Gasteiger partial charge in [0.15, 0.2) is 5.78 Å². The van der Waals surface area contributed by atoms with Crippen molar-refractivity contribution in [2.75, 3.05) is 0 Å². The van der Waals surface area contributed by atoms with Crippen LogP contribution in [0.2, 0.25) is 0 Å². The Balaban J connectivity index is 1.97. The van der Waals surface area contributed by atoms with Gasteiger partial charge in [0.2, 0.25) is 0 Å². The van der Waals surface area contributed by atoms with E-state index in [4.69, 9.17) is 0 Å². The zero-order chi connectivity index (χ0) is 12.3. The van der Waals surface area contributed by atoms with Crippen LogP contribution < -0.4 is 5.32 Å². The van der Waals surface area contributed by atoms with Crippen molar-refractivity contribution in [3.05, 3.63) is 41.5 Å². The van der Waals surface area contributed by atoms with E-state index in [1.54, 1.807) is 12.3 Å². The quantitative estimate of drug-likeness (QED) is 0.683. The maximum absolute atomic E-state index is 11.7. The highest BCUT2D eigenvalue weighted by Gasteiger charge is 2.10. The molecule has 2 rings (SSSR count). The summed E-state index contributed by atoms with van der Waals surface area (Å²) >= 11 is 0. The highest BCUT2D eigenvalue weighted by molar-refractivity contribution is 5.98. The number of carbonyl (C=O) groups excluding carboxylic acids is 2. The van der Waals surface area contributed by atoms with Crippen LogP contribution in [0.25, 0.3) is 0 Å². The number of H-pyrrole nitrogens is 2. The molecule has 6 nitrogen and oxygen atoms in total. The van der Waals surface area contributed by atoms with Crippen LogP contribution in [0.3, 0.4) is 0 Å². The second-order valence-corrected chi connectivity index (χ2v) is 3.62. The zero-order valence-corrected chi connectivity index (χ0v) is 9.28. The number of rotatable bonds is 4. The van der Waals surface area contributed by atoms with E-state index >= 15 is 0 Å². The molecule has 0 unspecified atom stereocenters. The molecule has 17 heavy (non-hydrogen) atoms. The van der Waals surface area contributed by atoms with E-state index in [1.807, 2.05) is 0 Å². The highest BCUT2D eigenvalue weighted by atomic mass is 16.2. The maximum atomic E-state index is 11.7. The summed E-state index contributed by atoms with van der Waals surface area (Å²) in [5.74, 6) is -0.332. The molecule has 2 aromatic rings. The standard InChI is InChI=1S/C11H12N4O2/c1-7(16)8-4-10(12-5-8)11(17)13-6-9-2-3-14-15-9/h2-5,12H,6H2,1H3,(H,13,17)(H,14,15). The van der Waals surface area contributed by atoms with Gasteiger partial charge in [0.1, 0.15) is 5.69 Å². The molecule has 0 spiro atoms. The first-order chi connectivity index (χ1) is 8.16.